The molecule has 0 bridgehead atoms. The van der Waals surface area contributed by atoms with Gasteiger partial charge in [0.1, 0.15) is 5.01 Å². The minimum Gasteiger partial charge on any atom is -0.456 e. The van der Waals surface area contributed by atoms with Crippen LogP contribution in [-0.2, 0) is 23.8 Å². The van der Waals surface area contributed by atoms with Crippen LogP contribution in [0.5, 0.6) is 0 Å². The molecular formula is C10H14BrFO5. The molecule has 1 fully saturated rings. The third-order valence-corrected chi connectivity index (χ3v) is 3.02. The van der Waals surface area contributed by atoms with E-state index in [0.29, 0.717) is 0 Å². The van der Waals surface area contributed by atoms with Gasteiger partial charge in [-0.25, -0.2) is 4.39 Å². The van der Waals surface area contributed by atoms with Gasteiger partial charge in [0.05, 0.1) is 6.10 Å². The summed E-state index contributed by atoms with van der Waals surface area (Å²) in [6, 6.07) is 0. The molecule has 1 rings (SSSR count). The summed E-state index contributed by atoms with van der Waals surface area (Å²) in [4.78, 5) is 21.8. The Hall–Kier alpha value is -0.690. The number of alkyl halides is 2. The van der Waals surface area contributed by atoms with Crippen LogP contribution in [0.1, 0.15) is 20.8 Å². The van der Waals surface area contributed by atoms with Gasteiger partial charge in [0.15, 0.2) is 18.4 Å². The molecule has 1 heterocycles. The summed E-state index contributed by atoms with van der Waals surface area (Å²) in [5.74, 6) is -1.22. The lowest BCUT2D eigenvalue weighted by atomic mass is 10.0. The first-order valence-electron chi connectivity index (χ1n) is 5.11. The molecule has 17 heavy (non-hydrogen) atoms. The lowest BCUT2D eigenvalue weighted by molar-refractivity contribution is -0.209. The van der Waals surface area contributed by atoms with E-state index in [0.717, 1.165) is 0 Å². The lowest BCUT2D eigenvalue weighted by Crippen LogP contribution is -2.56. The van der Waals surface area contributed by atoms with Crippen molar-refractivity contribution in [2.24, 2.45) is 0 Å². The van der Waals surface area contributed by atoms with Crippen molar-refractivity contribution >= 4 is 27.9 Å². The van der Waals surface area contributed by atoms with Gasteiger partial charge in [-0.05, 0) is 6.92 Å². The van der Waals surface area contributed by atoms with Gasteiger partial charge in [-0.2, -0.15) is 0 Å². The molecular weight excluding hydrogens is 299 g/mol. The summed E-state index contributed by atoms with van der Waals surface area (Å²) >= 11 is 2.99. The monoisotopic (exact) mass is 312 g/mol. The first kappa shape index (κ1) is 14.4. The van der Waals surface area contributed by atoms with E-state index in [1.807, 2.05) is 0 Å². The highest BCUT2D eigenvalue weighted by atomic mass is 79.9. The third kappa shape index (κ3) is 3.64. The Kier molecular flexibility index (Phi) is 4.88. The van der Waals surface area contributed by atoms with Crippen LogP contribution in [0, 0.1) is 0 Å². The number of rotatable bonds is 2. The molecule has 7 heteroatoms. The molecule has 0 aromatic carbocycles. The molecule has 98 valence electrons. The van der Waals surface area contributed by atoms with Crippen molar-refractivity contribution in [1.29, 1.82) is 0 Å². The van der Waals surface area contributed by atoms with Gasteiger partial charge in [-0.3, -0.25) is 9.59 Å². The molecule has 0 unspecified atom stereocenters. The molecule has 0 aromatic heterocycles. The van der Waals surface area contributed by atoms with E-state index in [1.165, 1.54) is 13.8 Å². The van der Waals surface area contributed by atoms with Gasteiger partial charge >= 0.3 is 11.9 Å². The second-order valence-corrected chi connectivity index (χ2v) is 4.69. The molecule has 5 nitrogen and oxygen atoms in total. The first-order valence-corrected chi connectivity index (χ1v) is 6.02. The Balaban J connectivity index is 2.86. The molecule has 5 atom stereocenters. The van der Waals surface area contributed by atoms with Crippen LogP contribution in [0.25, 0.3) is 0 Å². The van der Waals surface area contributed by atoms with Gasteiger partial charge in [-0.15, -0.1) is 0 Å². The number of hydrogen-bond acceptors (Lipinski definition) is 5. The van der Waals surface area contributed by atoms with E-state index in [4.69, 9.17) is 14.2 Å². The molecule has 1 saturated heterocycles. The van der Waals surface area contributed by atoms with Crippen LogP contribution in [-0.4, -0.2) is 41.4 Å². The Morgan fingerprint density at radius 1 is 1.18 bits per heavy atom. The van der Waals surface area contributed by atoms with Crippen LogP contribution in [0.3, 0.4) is 0 Å². The predicted octanol–water partition coefficient (Wildman–Crippen LogP) is 1.33. The maximum Gasteiger partial charge on any atom is 0.303 e. The van der Waals surface area contributed by atoms with E-state index in [2.05, 4.69) is 15.9 Å². The lowest BCUT2D eigenvalue weighted by Gasteiger charge is -2.39. The average Bonchev–Trinajstić information content (AvgIpc) is 2.19. The number of hydrogen-bond donors (Lipinski definition) is 0. The summed E-state index contributed by atoms with van der Waals surface area (Å²) in [6.07, 6.45) is -4.27. The van der Waals surface area contributed by atoms with Crippen LogP contribution in [0.2, 0.25) is 0 Å². The quantitative estimate of drug-likeness (QED) is 0.568. The number of carbonyl (C=O) groups is 2. The standard InChI is InChI=1S/C10H14BrFO5/c1-4-8(16-5(2)13)9(17-6(3)14)7(12)10(11)15-4/h4,7-10H,1-3H3/t4-,7+,8-,9-,10+/m0/s1. The fourth-order valence-corrected chi connectivity index (χ4v) is 2.27. The normalized spacial score (nSPS) is 37.4. The highest BCUT2D eigenvalue weighted by Gasteiger charge is 2.47. The second kappa shape index (κ2) is 5.77. The molecule has 0 saturated carbocycles. The fraction of sp³-hybridized carbons (Fsp3) is 0.800. The van der Waals surface area contributed by atoms with Crippen molar-refractivity contribution in [2.75, 3.05) is 0 Å². The summed E-state index contributed by atoms with van der Waals surface area (Å²) < 4.78 is 28.8. The minimum absolute atomic E-state index is 0.570. The van der Waals surface area contributed by atoms with Crippen molar-refractivity contribution in [3.8, 4) is 0 Å². The molecule has 0 amide bonds. The zero-order valence-electron chi connectivity index (χ0n) is 9.68. The highest BCUT2D eigenvalue weighted by Crippen LogP contribution is 2.30. The summed E-state index contributed by atoms with van der Waals surface area (Å²) in [5.41, 5.74) is 0. The Labute approximate surface area is 107 Å². The second-order valence-electron chi connectivity index (χ2n) is 3.78. The van der Waals surface area contributed by atoms with Gasteiger partial charge in [0.25, 0.3) is 0 Å². The predicted molar refractivity (Wildman–Crippen MR) is 59.3 cm³/mol. The van der Waals surface area contributed by atoms with Crippen LogP contribution >= 0.6 is 15.9 Å². The molecule has 0 aromatic rings. The number of esters is 2. The van der Waals surface area contributed by atoms with E-state index in [1.54, 1.807) is 6.92 Å². The Morgan fingerprint density at radius 2 is 1.65 bits per heavy atom. The molecule has 1 aliphatic heterocycles. The topological polar surface area (TPSA) is 61.8 Å². The zero-order chi connectivity index (χ0) is 13.2. The van der Waals surface area contributed by atoms with Crippen molar-refractivity contribution in [2.45, 2.75) is 50.3 Å². The Bertz CT molecular complexity index is 311. The maximum absolute atomic E-state index is 13.8. The molecule has 0 radical (unpaired) electrons. The third-order valence-electron chi connectivity index (χ3n) is 2.30. The number of halogens is 2. The fourth-order valence-electron chi connectivity index (χ4n) is 1.63. The number of carbonyl (C=O) groups excluding carboxylic acids is 2. The molecule has 0 spiro atoms. The molecule has 0 N–H and O–H groups in total. The minimum atomic E-state index is -1.60. The molecule has 0 aliphatic carbocycles. The summed E-state index contributed by atoms with van der Waals surface area (Å²) in [5, 5.41) is -0.895. The van der Waals surface area contributed by atoms with E-state index < -0.39 is 41.4 Å². The van der Waals surface area contributed by atoms with Gasteiger partial charge in [0.2, 0.25) is 0 Å². The number of ether oxygens (including phenoxy) is 3. The maximum atomic E-state index is 13.8. The van der Waals surface area contributed by atoms with Crippen molar-refractivity contribution in [3.05, 3.63) is 0 Å². The molecule has 1 aliphatic rings. The van der Waals surface area contributed by atoms with Gasteiger partial charge in [-0.1, -0.05) is 15.9 Å². The van der Waals surface area contributed by atoms with Crippen molar-refractivity contribution < 1.29 is 28.2 Å². The van der Waals surface area contributed by atoms with Crippen molar-refractivity contribution in [1.82, 2.24) is 0 Å². The van der Waals surface area contributed by atoms with Crippen LogP contribution < -0.4 is 0 Å². The largest absolute Gasteiger partial charge is 0.456 e. The summed E-state index contributed by atoms with van der Waals surface area (Å²) in [6.45, 7) is 3.98. The van der Waals surface area contributed by atoms with Crippen molar-refractivity contribution in [3.63, 3.8) is 0 Å². The smallest absolute Gasteiger partial charge is 0.303 e. The first-order chi connectivity index (χ1) is 7.82. The van der Waals surface area contributed by atoms with Gasteiger partial charge in [0, 0.05) is 13.8 Å². The summed E-state index contributed by atoms with van der Waals surface area (Å²) in [7, 11) is 0. The van der Waals surface area contributed by atoms with Crippen LogP contribution in [0.15, 0.2) is 0 Å². The SMILES string of the molecule is CC(=O)O[C@@H]1[C@@H](OC(C)=O)[C@@H](F)[C@H](Br)O[C@H]1C. The Morgan fingerprint density at radius 3 is 2.12 bits per heavy atom. The van der Waals surface area contributed by atoms with Gasteiger partial charge < -0.3 is 14.2 Å². The van der Waals surface area contributed by atoms with E-state index >= 15 is 0 Å². The van der Waals surface area contributed by atoms with E-state index in [-0.39, 0.29) is 0 Å². The zero-order valence-corrected chi connectivity index (χ0v) is 11.3. The highest BCUT2D eigenvalue weighted by molar-refractivity contribution is 9.09. The van der Waals surface area contributed by atoms with Crippen LogP contribution in [0.4, 0.5) is 4.39 Å². The van der Waals surface area contributed by atoms with E-state index in [9.17, 15) is 14.0 Å². The average molecular weight is 313 g/mol.